The molecule has 2 aromatic rings. The molecule has 1 saturated heterocycles. The molecule has 2 atom stereocenters. The van der Waals surface area contributed by atoms with Gasteiger partial charge in [0.05, 0.1) is 12.1 Å². The lowest BCUT2D eigenvalue weighted by molar-refractivity contribution is -0.140. The number of likely N-dealkylation sites (tertiary alicyclic amines) is 1. The molecule has 0 aliphatic carbocycles. The van der Waals surface area contributed by atoms with E-state index in [-0.39, 0.29) is 17.1 Å². The normalized spacial score (nSPS) is 19.0. The van der Waals surface area contributed by atoms with E-state index in [9.17, 15) is 18.0 Å². The maximum absolute atomic E-state index is 12.7. The number of hydrogen-bond acceptors (Lipinski definition) is 4. The van der Waals surface area contributed by atoms with Crippen LogP contribution in [0.25, 0.3) is 0 Å². The average Bonchev–Trinajstić information content (AvgIpc) is 3.24. The van der Waals surface area contributed by atoms with Crippen molar-refractivity contribution in [1.29, 1.82) is 0 Å². The highest BCUT2D eigenvalue weighted by molar-refractivity contribution is 7.09. The van der Waals surface area contributed by atoms with Crippen molar-refractivity contribution in [3.8, 4) is 0 Å². The Morgan fingerprint density at radius 3 is 2.76 bits per heavy atom. The number of amides is 2. The summed E-state index contributed by atoms with van der Waals surface area (Å²) in [5.74, 6) is 0. The first-order valence-corrected chi connectivity index (χ1v) is 8.74. The highest BCUT2D eigenvalue weighted by Crippen LogP contribution is 2.33. The number of carbonyl (C=O) groups is 1. The summed E-state index contributed by atoms with van der Waals surface area (Å²) in [6.45, 7) is 2.24. The number of urea groups is 1. The van der Waals surface area contributed by atoms with E-state index >= 15 is 0 Å². The summed E-state index contributed by atoms with van der Waals surface area (Å²) >= 11 is 0.894. The van der Waals surface area contributed by atoms with Gasteiger partial charge in [0.1, 0.15) is 5.01 Å². The smallest absolute Gasteiger partial charge is 0.329 e. The zero-order valence-electron chi connectivity index (χ0n) is 13.5. The van der Waals surface area contributed by atoms with Crippen molar-refractivity contribution in [2.75, 3.05) is 6.54 Å². The van der Waals surface area contributed by atoms with Gasteiger partial charge in [-0.1, -0.05) is 0 Å². The van der Waals surface area contributed by atoms with Crippen molar-refractivity contribution in [3.05, 3.63) is 46.2 Å². The fourth-order valence-corrected chi connectivity index (χ4v) is 3.72. The van der Waals surface area contributed by atoms with Crippen LogP contribution in [0, 0.1) is 0 Å². The van der Waals surface area contributed by atoms with E-state index in [1.807, 2.05) is 12.1 Å². The Kier molecular flexibility index (Phi) is 4.94. The van der Waals surface area contributed by atoms with Crippen LogP contribution in [0.5, 0.6) is 0 Å². The number of alkyl halides is 3. The van der Waals surface area contributed by atoms with Crippen LogP contribution in [0.4, 0.5) is 18.0 Å². The van der Waals surface area contributed by atoms with Crippen LogP contribution >= 0.6 is 11.3 Å². The lowest BCUT2D eigenvalue weighted by atomic mass is 10.1. The van der Waals surface area contributed by atoms with Gasteiger partial charge in [0.15, 0.2) is 5.69 Å². The number of nitrogens with zero attached hydrogens (tertiary/aromatic N) is 3. The summed E-state index contributed by atoms with van der Waals surface area (Å²) in [7, 11) is 0. The molecule has 134 valence electrons. The van der Waals surface area contributed by atoms with E-state index in [4.69, 9.17) is 0 Å². The first-order valence-electron chi connectivity index (χ1n) is 7.86. The molecule has 2 unspecified atom stereocenters. The van der Waals surface area contributed by atoms with Crippen molar-refractivity contribution >= 4 is 17.4 Å². The highest BCUT2D eigenvalue weighted by Gasteiger charge is 2.35. The number of nitrogens with one attached hydrogen (secondary N) is 1. The van der Waals surface area contributed by atoms with Gasteiger partial charge in [-0.3, -0.25) is 4.98 Å². The molecule has 3 rings (SSSR count). The SMILES string of the molecule is CC(NC(=O)N1CCCC1c1ccncc1)c1nc(C(F)(F)F)cs1. The number of hydrogen-bond donors (Lipinski definition) is 1. The lowest BCUT2D eigenvalue weighted by Crippen LogP contribution is -2.40. The lowest BCUT2D eigenvalue weighted by Gasteiger charge is -2.26. The second-order valence-corrected chi connectivity index (χ2v) is 6.76. The zero-order chi connectivity index (χ0) is 18.0. The Hall–Kier alpha value is -2.16. The standard InChI is InChI=1S/C16H17F3N4OS/c1-10(14-22-13(9-25-14)16(17,18)19)21-15(24)23-8-2-3-12(23)11-4-6-20-7-5-11/h4-7,9-10,12H,2-3,8H2,1H3,(H,21,24). The largest absolute Gasteiger partial charge is 0.434 e. The Bertz CT molecular complexity index is 734. The third kappa shape index (κ3) is 3.92. The minimum atomic E-state index is -4.47. The third-order valence-electron chi connectivity index (χ3n) is 4.13. The molecular weight excluding hydrogens is 353 g/mol. The number of pyridine rings is 1. The summed E-state index contributed by atoms with van der Waals surface area (Å²) in [6, 6.07) is 2.81. The molecule has 0 spiro atoms. The van der Waals surface area contributed by atoms with E-state index in [0.717, 1.165) is 35.1 Å². The van der Waals surface area contributed by atoms with Crippen molar-refractivity contribution < 1.29 is 18.0 Å². The summed E-state index contributed by atoms with van der Waals surface area (Å²) in [4.78, 5) is 21.9. The maximum atomic E-state index is 12.7. The van der Waals surface area contributed by atoms with Crippen molar-refractivity contribution in [2.45, 2.75) is 38.0 Å². The average molecular weight is 370 g/mol. The number of aromatic nitrogens is 2. The van der Waals surface area contributed by atoms with Gasteiger partial charge in [-0.15, -0.1) is 11.3 Å². The molecule has 1 aliphatic rings. The second kappa shape index (κ2) is 6.99. The molecule has 1 fully saturated rings. The van der Waals surface area contributed by atoms with Gasteiger partial charge in [0.25, 0.3) is 0 Å². The Morgan fingerprint density at radius 1 is 1.40 bits per heavy atom. The number of thiazole rings is 1. The van der Waals surface area contributed by atoms with E-state index < -0.39 is 17.9 Å². The van der Waals surface area contributed by atoms with Crippen LogP contribution < -0.4 is 5.32 Å². The van der Waals surface area contributed by atoms with Crippen LogP contribution in [0.1, 0.15) is 48.1 Å². The Balaban J connectivity index is 1.68. The molecule has 0 bridgehead atoms. The molecular formula is C16H17F3N4OS. The fraction of sp³-hybridized carbons (Fsp3) is 0.438. The van der Waals surface area contributed by atoms with Gasteiger partial charge in [-0.25, -0.2) is 9.78 Å². The minimum absolute atomic E-state index is 0.0442. The third-order valence-corrected chi connectivity index (χ3v) is 5.15. The molecule has 0 aromatic carbocycles. The second-order valence-electron chi connectivity index (χ2n) is 5.87. The van der Waals surface area contributed by atoms with Crippen molar-refractivity contribution in [3.63, 3.8) is 0 Å². The van der Waals surface area contributed by atoms with Crippen molar-refractivity contribution in [2.24, 2.45) is 0 Å². The first-order chi connectivity index (χ1) is 11.9. The van der Waals surface area contributed by atoms with Crippen LogP contribution in [0.3, 0.4) is 0 Å². The molecule has 0 radical (unpaired) electrons. The van der Waals surface area contributed by atoms with Crippen LogP contribution in [-0.4, -0.2) is 27.4 Å². The van der Waals surface area contributed by atoms with Crippen LogP contribution in [0.15, 0.2) is 29.9 Å². The van der Waals surface area contributed by atoms with Crippen LogP contribution in [-0.2, 0) is 6.18 Å². The summed E-state index contributed by atoms with van der Waals surface area (Å²) < 4.78 is 38.0. The molecule has 2 amide bonds. The number of rotatable bonds is 3. The summed E-state index contributed by atoms with van der Waals surface area (Å²) in [5, 5.41) is 3.96. The van der Waals surface area contributed by atoms with Gasteiger partial charge in [-0.2, -0.15) is 13.2 Å². The predicted octanol–water partition coefficient (Wildman–Crippen LogP) is 4.16. The van der Waals surface area contributed by atoms with E-state index in [2.05, 4.69) is 15.3 Å². The van der Waals surface area contributed by atoms with Gasteiger partial charge < -0.3 is 10.2 Å². The van der Waals surface area contributed by atoms with Gasteiger partial charge >= 0.3 is 12.2 Å². The Labute approximate surface area is 146 Å². The highest BCUT2D eigenvalue weighted by atomic mass is 32.1. The minimum Gasteiger partial charge on any atom is -0.329 e. The van der Waals surface area contributed by atoms with Gasteiger partial charge in [0, 0.05) is 24.3 Å². The molecule has 2 aromatic heterocycles. The number of halogens is 3. The Morgan fingerprint density at radius 2 is 2.12 bits per heavy atom. The fourth-order valence-electron chi connectivity index (χ4n) is 2.89. The molecule has 5 nitrogen and oxygen atoms in total. The van der Waals surface area contributed by atoms with Gasteiger partial charge in [0.2, 0.25) is 0 Å². The first kappa shape index (κ1) is 17.7. The molecule has 25 heavy (non-hydrogen) atoms. The van der Waals surface area contributed by atoms with Gasteiger partial charge in [-0.05, 0) is 37.5 Å². The maximum Gasteiger partial charge on any atom is 0.434 e. The topological polar surface area (TPSA) is 58.1 Å². The van der Waals surface area contributed by atoms with E-state index in [1.165, 1.54) is 0 Å². The molecule has 9 heteroatoms. The van der Waals surface area contributed by atoms with E-state index in [0.29, 0.717) is 6.54 Å². The molecule has 3 heterocycles. The predicted molar refractivity (Wildman–Crippen MR) is 87.0 cm³/mol. The van der Waals surface area contributed by atoms with E-state index in [1.54, 1.807) is 24.2 Å². The number of carbonyl (C=O) groups excluding carboxylic acids is 1. The summed E-state index contributed by atoms with van der Waals surface area (Å²) in [5.41, 5.74) is 0.0772. The monoisotopic (exact) mass is 370 g/mol. The molecule has 1 aliphatic heterocycles. The zero-order valence-corrected chi connectivity index (χ0v) is 14.3. The van der Waals surface area contributed by atoms with Crippen LogP contribution in [0.2, 0.25) is 0 Å². The molecule has 1 N–H and O–H groups in total. The molecule has 0 saturated carbocycles. The quantitative estimate of drug-likeness (QED) is 0.882. The summed E-state index contributed by atoms with van der Waals surface area (Å²) in [6.07, 6.45) is 0.618. The van der Waals surface area contributed by atoms with Crippen molar-refractivity contribution in [1.82, 2.24) is 20.2 Å².